The van der Waals surface area contributed by atoms with E-state index in [-0.39, 0.29) is 34.0 Å². The second-order valence-corrected chi connectivity index (χ2v) is 9.10. The Morgan fingerprint density at radius 1 is 1.32 bits per heavy atom. The van der Waals surface area contributed by atoms with Gasteiger partial charge in [-0.25, -0.2) is 8.42 Å². The van der Waals surface area contributed by atoms with Gasteiger partial charge >= 0.3 is 0 Å². The first-order valence-corrected chi connectivity index (χ1v) is 10.6. The summed E-state index contributed by atoms with van der Waals surface area (Å²) in [5.41, 5.74) is 0. The summed E-state index contributed by atoms with van der Waals surface area (Å²) in [5.74, 6) is -0.434. The predicted octanol–water partition coefficient (Wildman–Crippen LogP) is 0.655. The second-order valence-electron chi connectivity index (χ2n) is 6.27. The fourth-order valence-corrected chi connectivity index (χ4v) is 5.98. The van der Waals surface area contributed by atoms with Crippen LogP contribution in [0, 0.1) is 5.92 Å². The van der Waals surface area contributed by atoms with Crippen LogP contribution in [-0.2, 0) is 10.0 Å². The highest BCUT2D eigenvalue weighted by atomic mass is 35.5. The van der Waals surface area contributed by atoms with E-state index in [1.54, 1.807) is 5.38 Å². The van der Waals surface area contributed by atoms with Gasteiger partial charge in [0.25, 0.3) is 5.91 Å². The molecule has 25 heavy (non-hydrogen) atoms. The molecule has 0 aliphatic carbocycles. The van der Waals surface area contributed by atoms with E-state index in [1.165, 1.54) is 10.4 Å². The van der Waals surface area contributed by atoms with Gasteiger partial charge in [0.2, 0.25) is 10.0 Å². The van der Waals surface area contributed by atoms with Gasteiger partial charge in [-0.2, -0.15) is 4.31 Å². The maximum Gasteiger partial charge on any atom is 0.262 e. The van der Waals surface area contributed by atoms with E-state index in [0.717, 1.165) is 30.6 Å². The number of carbonyl (C=O) groups excluding carboxylic acids is 1. The van der Waals surface area contributed by atoms with Crippen molar-refractivity contribution in [2.45, 2.75) is 30.3 Å². The van der Waals surface area contributed by atoms with Crippen molar-refractivity contribution in [3.05, 3.63) is 16.3 Å². The van der Waals surface area contributed by atoms with E-state index >= 15 is 0 Å². The molecule has 0 saturated carbocycles. The lowest BCUT2D eigenvalue weighted by atomic mass is 10.1. The van der Waals surface area contributed by atoms with E-state index in [9.17, 15) is 18.3 Å². The number of amides is 1. The van der Waals surface area contributed by atoms with Crippen molar-refractivity contribution in [3.63, 3.8) is 0 Å². The molecule has 3 N–H and O–H groups in total. The molecule has 1 aromatic rings. The standard InChI is InChI=1S/C15H23N3O4S2.ClH/c19-12-10-16-8-11(12)9-17-15(20)14-13(4-7-23-14)24(21,22)18-5-2-1-3-6-18;/h4,7,11-12,16,19H,1-3,5-6,8-10H2,(H,17,20);1H. The highest BCUT2D eigenvalue weighted by Gasteiger charge is 2.31. The summed E-state index contributed by atoms with van der Waals surface area (Å²) in [5, 5.41) is 17.2. The van der Waals surface area contributed by atoms with Crippen LogP contribution in [0.4, 0.5) is 0 Å². The smallest absolute Gasteiger partial charge is 0.262 e. The zero-order valence-corrected chi connectivity index (χ0v) is 16.3. The summed E-state index contributed by atoms with van der Waals surface area (Å²) in [6.45, 7) is 2.52. The zero-order chi connectivity index (χ0) is 17.2. The summed E-state index contributed by atoms with van der Waals surface area (Å²) in [6.07, 6.45) is 2.28. The van der Waals surface area contributed by atoms with Crippen molar-refractivity contribution in [2.24, 2.45) is 5.92 Å². The van der Waals surface area contributed by atoms with Crippen LogP contribution in [0.25, 0.3) is 0 Å². The third-order valence-corrected chi connectivity index (χ3v) is 7.58. The first-order chi connectivity index (χ1) is 11.5. The normalized spacial score (nSPS) is 24.7. The molecule has 7 nitrogen and oxygen atoms in total. The Bertz CT molecular complexity index is 689. The number of nitrogens with one attached hydrogen (secondary N) is 2. The summed E-state index contributed by atoms with van der Waals surface area (Å²) < 4.78 is 27.0. The Morgan fingerprint density at radius 3 is 2.68 bits per heavy atom. The first kappa shape index (κ1) is 20.6. The maximum atomic E-state index is 12.8. The lowest BCUT2D eigenvalue weighted by Crippen LogP contribution is -2.37. The Labute approximate surface area is 158 Å². The van der Waals surface area contributed by atoms with Crippen molar-refractivity contribution in [2.75, 3.05) is 32.7 Å². The van der Waals surface area contributed by atoms with E-state index in [1.807, 2.05) is 0 Å². The van der Waals surface area contributed by atoms with Gasteiger partial charge in [0.05, 0.1) is 6.10 Å². The Balaban J connectivity index is 0.00000225. The Kier molecular flexibility index (Phi) is 7.24. The summed E-state index contributed by atoms with van der Waals surface area (Å²) >= 11 is 1.14. The van der Waals surface area contributed by atoms with Crippen LogP contribution < -0.4 is 10.6 Å². The summed E-state index contributed by atoms with van der Waals surface area (Å²) in [7, 11) is -3.62. The van der Waals surface area contributed by atoms with E-state index in [4.69, 9.17) is 0 Å². The number of rotatable bonds is 5. The average molecular weight is 410 g/mol. The highest BCUT2D eigenvalue weighted by molar-refractivity contribution is 7.89. The molecule has 3 heterocycles. The van der Waals surface area contributed by atoms with Gasteiger partial charge in [0, 0.05) is 38.6 Å². The lowest BCUT2D eigenvalue weighted by molar-refractivity contribution is 0.0928. The third-order valence-electron chi connectivity index (χ3n) is 4.60. The number of hydrogen-bond donors (Lipinski definition) is 3. The molecule has 0 aromatic carbocycles. The molecule has 2 unspecified atom stereocenters. The molecular formula is C15H24ClN3O4S2. The Morgan fingerprint density at radius 2 is 2.04 bits per heavy atom. The van der Waals surface area contributed by atoms with Gasteiger partial charge in [0.1, 0.15) is 9.77 Å². The van der Waals surface area contributed by atoms with Gasteiger partial charge in [-0.3, -0.25) is 4.79 Å². The van der Waals surface area contributed by atoms with Crippen LogP contribution in [0.5, 0.6) is 0 Å². The van der Waals surface area contributed by atoms with Crippen molar-refractivity contribution in [3.8, 4) is 0 Å². The fourth-order valence-electron chi connectivity index (χ4n) is 3.14. The van der Waals surface area contributed by atoms with Crippen LogP contribution in [0.2, 0.25) is 0 Å². The maximum absolute atomic E-state index is 12.8. The molecule has 142 valence electrons. The number of hydrogen-bond acceptors (Lipinski definition) is 6. The molecule has 2 atom stereocenters. The van der Waals surface area contributed by atoms with Crippen LogP contribution in [-0.4, -0.2) is 62.6 Å². The Hall–Kier alpha value is -0.710. The molecule has 10 heteroatoms. The molecule has 0 spiro atoms. The number of β-amino-alcohol motifs (C(OH)–C–C–N with tert-alkyl or cyclic N) is 1. The quantitative estimate of drug-likeness (QED) is 0.663. The van der Waals surface area contributed by atoms with Crippen LogP contribution in [0.15, 0.2) is 16.3 Å². The van der Waals surface area contributed by atoms with Gasteiger partial charge in [-0.05, 0) is 24.3 Å². The molecule has 1 aromatic heterocycles. The van der Waals surface area contributed by atoms with Gasteiger partial charge in [0.15, 0.2) is 0 Å². The number of carbonyl (C=O) groups is 1. The van der Waals surface area contributed by atoms with Crippen LogP contribution in [0.1, 0.15) is 28.9 Å². The van der Waals surface area contributed by atoms with E-state index in [2.05, 4.69) is 10.6 Å². The molecule has 2 saturated heterocycles. The average Bonchev–Trinajstić information content (AvgIpc) is 3.23. The van der Waals surface area contributed by atoms with Crippen LogP contribution in [0.3, 0.4) is 0 Å². The highest BCUT2D eigenvalue weighted by Crippen LogP contribution is 2.27. The van der Waals surface area contributed by atoms with Gasteiger partial charge in [-0.15, -0.1) is 23.7 Å². The van der Waals surface area contributed by atoms with Gasteiger partial charge < -0.3 is 15.7 Å². The molecule has 2 aliphatic heterocycles. The molecule has 0 bridgehead atoms. The van der Waals surface area contributed by atoms with E-state index < -0.39 is 16.1 Å². The number of sulfonamides is 1. The van der Waals surface area contributed by atoms with Crippen molar-refractivity contribution >= 4 is 39.7 Å². The summed E-state index contributed by atoms with van der Waals surface area (Å²) in [6, 6.07) is 1.51. The second kappa shape index (κ2) is 8.79. The third kappa shape index (κ3) is 4.53. The van der Waals surface area contributed by atoms with Gasteiger partial charge in [-0.1, -0.05) is 6.42 Å². The fraction of sp³-hybridized carbons (Fsp3) is 0.667. The van der Waals surface area contributed by atoms with Crippen molar-refractivity contribution in [1.29, 1.82) is 0 Å². The number of nitrogens with zero attached hydrogens (tertiary/aromatic N) is 1. The van der Waals surface area contributed by atoms with Crippen LogP contribution >= 0.6 is 23.7 Å². The van der Waals surface area contributed by atoms with Crippen molar-refractivity contribution < 1.29 is 18.3 Å². The molecule has 3 rings (SSSR count). The topological polar surface area (TPSA) is 98.7 Å². The number of aliphatic hydroxyl groups excluding tert-OH is 1. The number of thiophene rings is 1. The first-order valence-electron chi connectivity index (χ1n) is 8.25. The molecular weight excluding hydrogens is 386 g/mol. The minimum Gasteiger partial charge on any atom is -0.391 e. The zero-order valence-electron chi connectivity index (χ0n) is 13.8. The van der Waals surface area contributed by atoms with Crippen molar-refractivity contribution in [1.82, 2.24) is 14.9 Å². The minimum atomic E-state index is -3.62. The SMILES string of the molecule is Cl.O=C(NCC1CNCC1O)c1sccc1S(=O)(=O)N1CCCCC1. The summed E-state index contributed by atoms with van der Waals surface area (Å²) in [4.78, 5) is 12.8. The molecule has 1 amide bonds. The number of piperidine rings is 1. The van der Waals surface area contributed by atoms with E-state index in [0.29, 0.717) is 32.7 Å². The molecule has 2 fully saturated rings. The lowest BCUT2D eigenvalue weighted by Gasteiger charge is -2.25. The largest absolute Gasteiger partial charge is 0.391 e. The number of aliphatic hydroxyl groups is 1. The number of halogens is 1. The molecule has 2 aliphatic rings. The molecule has 0 radical (unpaired) electrons. The predicted molar refractivity (Wildman–Crippen MR) is 98.9 cm³/mol. The monoisotopic (exact) mass is 409 g/mol. The minimum absolute atomic E-state index is 0.